The zero-order chi connectivity index (χ0) is 7.72. The number of carbonyl (C=O) groups excluding carboxylic acids is 1. The molecule has 0 aromatic rings. The number of rotatable bonds is 2. The first-order valence-corrected chi connectivity index (χ1v) is 3.65. The van der Waals surface area contributed by atoms with Gasteiger partial charge < -0.3 is 10.6 Å². The van der Waals surface area contributed by atoms with E-state index in [4.69, 9.17) is 5.73 Å². The van der Waals surface area contributed by atoms with E-state index in [1.54, 1.807) is 11.8 Å². The normalized spacial score (nSPS) is 20.3. The monoisotopic (exact) mass is 142 g/mol. The molecule has 1 rings (SSSR count). The van der Waals surface area contributed by atoms with Gasteiger partial charge in [0.1, 0.15) is 0 Å². The Labute approximate surface area is 61.2 Å². The Morgan fingerprint density at radius 2 is 2.20 bits per heavy atom. The third-order valence-electron chi connectivity index (χ3n) is 1.83. The van der Waals surface area contributed by atoms with Crippen LogP contribution in [0.25, 0.3) is 0 Å². The fourth-order valence-electron chi connectivity index (χ4n) is 0.963. The molecule has 1 saturated carbocycles. The predicted octanol–water partition coefficient (Wildman–Crippen LogP) is -0.0456. The van der Waals surface area contributed by atoms with Gasteiger partial charge >= 0.3 is 0 Å². The van der Waals surface area contributed by atoms with Crippen LogP contribution >= 0.6 is 0 Å². The van der Waals surface area contributed by atoms with Crippen molar-refractivity contribution in [2.75, 3.05) is 7.05 Å². The topological polar surface area (TPSA) is 46.3 Å². The van der Waals surface area contributed by atoms with Crippen LogP contribution in [0.1, 0.15) is 19.8 Å². The predicted molar refractivity (Wildman–Crippen MR) is 39.4 cm³/mol. The Balaban J connectivity index is 2.38. The first-order valence-electron chi connectivity index (χ1n) is 3.65. The molecule has 1 aliphatic carbocycles. The van der Waals surface area contributed by atoms with Gasteiger partial charge in [-0.15, -0.1) is 0 Å². The standard InChI is InChI=1S/C7H14N2O/c1-5(8)7(10)9(2)6-3-4-6/h5-6H,3-4,8H2,1-2H3. The average molecular weight is 142 g/mol. The lowest BCUT2D eigenvalue weighted by Crippen LogP contribution is -2.40. The summed E-state index contributed by atoms with van der Waals surface area (Å²) >= 11 is 0. The molecule has 0 spiro atoms. The van der Waals surface area contributed by atoms with Crippen LogP contribution in [-0.2, 0) is 4.79 Å². The van der Waals surface area contributed by atoms with Crippen molar-refractivity contribution in [2.24, 2.45) is 5.73 Å². The van der Waals surface area contributed by atoms with Crippen molar-refractivity contribution in [2.45, 2.75) is 31.8 Å². The van der Waals surface area contributed by atoms with Gasteiger partial charge in [0, 0.05) is 13.1 Å². The molecule has 0 heterocycles. The maximum atomic E-state index is 11.1. The maximum Gasteiger partial charge on any atom is 0.239 e. The molecule has 0 bridgehead atoms. The van der Waals surface area contributed by atoms with E-state index in [1.807, 2.05) is 7.05 Å². The van der Waals surface area contributed by atoms with Crippen LogP contribution < -0.4 is 5.73 Å². The lowest BCUT2D eigenvalue weighted by atomic mass is 10.3. The van der Waals surface area contributed by atoms with Gasteiger partial charge in [0.2, 0.25) is 5.91 Å². The minimum Gasteiger partial charge on any atom is -0.341 e. The first kappa shape index (κ1) is 7.54. The molecule has 58 valence electrons. The van der Waals surface area contributed by atoms with Gasteiger partial charge in [0.05, 0.1) is 6.04 Å². The number of hydrogen-bond acceptors (Lipinski definition) is 2. The molecule has 1 aliphatic rings. The van der Waals surface area contributed by atoms with Crippen molar-refractivity contribution in [1.82, 2.24) is 4.90 Å². The number of hydrogen-bond donors (Lipinski definition) is 1. The third kappa shape index (κ3) is 1.48. The van der Waals surface area contributed by atoms with E-state index < -0.39 is 0 Å². The second-order valence-corrected chi connectivity index (χ2v) is 2.97. The van der Waals surface area contributed by atoms with Gasteiger partial charge in [-0.05, 0) is 19.8 Å². The number of nitrogens with zero attached hydrogens (tertiary/aromatic N) is 1. The van der Waals surface area contributed by atoms with Crippen LogP contribution in [0.2, 0.25) is 0 Å². The lowest BCUT2D eigenvalue weighted by Gasteiger charge is -2.17. The molecule has 0 aromatic heterocycles. The molecule has 1 amide bonds. The highest BCUT2D eigenvalue weighted by Crippen LogP contribution is 2.25. The second-order valence-electron chi connectivity index (χ2n) is 2.97. The number of nitrogens with two attached hydrogens (primary N) is 1. The molecule has 1 unspecified atom stereocenters. The number of amides is 1. The van der Waals surface area contributed by atoms with Gasteiger partial charge in [-0.1, -0.05) is 0 Å². The fraction of sp³-hybridized carbons (Fsp3) is 0.857. The minimum atomic E-state index is -0.342. The van der Waals surface area contributed by atoms with Crippen molar-refractivity contribution in [3.05, 3.63) is 0 Å². The summed E-state index contributed by atoms with van der Waals surface area (Å²) in [5.41, 5.74) is 5.41. The van der Waals surface area contributed by atoms with Gasteiger partial charge in [0.25, 0.3) is 0 Å². The van der Waals surface area contributed by atoms with Crippen LogP contribution in [0.5, 0.6) is 0 Å². The molecule has 1 atom stereocenters. The quantitative estimate of drug-likeness (QED) is 0.587. The van der Waals surface area contributed by atoms with Gasteiger partial charge in [-0.3, -0.25) is 4.79 Å². The van der Waals surface area contributed by atoms with Crippen molar-refractivity contribution < 1.29 is 4.79 Å². The average Bonchev–Trinajstić information content (AvgIpc) is 2.65. The van der Waals surface area contributed by atoms with Gasteiger partial charge in [-0.2, -0.15) is 0 Å². The number of carbonyl (C=O) groups is 1. The summed E-state index contributed by atoms with van der Waals surface area (Å²) in [6, 6.07) is 0.143. The zero-order valence-electron chi connectivity index (χ0n) is 6.50. The number of likely N-dealkylation sites (N-methyl/N-ethyl adjacent to an activating group) is 1. The van der Waals surface area contributed by atoms with E-state index >= 15 is 0 Å². The van der Waals surface area contributed by atoms with E-state index in [-0.39, 0.29) is 11.9 Å². The van der Waals surface area contributed by atoms with E-state index in [0.717, 1.165) is 12.8 Å². The Morgan fingerprint density at radius 1 is 1.70 bits per heavy atom. The van der Waals surface area contributed by atoms with Crippen molar-refractivity contribution in [3.63, 3.8) is 0 Å². The first-order chi connectivity index (χ1) is 4.63. The summed E-state index contributed by atoms with van der Waals surface area (Å²) in [6.07, 6.45) is 2.30. The summed E-state index contributed by atoms with van der Waals surface area (Å²) in [6.45, 7) is 1.72. The minimum absolute atomic E-state index is 0.0579. The lowest BCUT2D eigenvalue weighted by molar-refractivity contribution is -0.131. The molecule has 3 nitrogen and oxygen atoms in total. The zero-order valence-corrected chi connectivity index (χ0v) is 6.50. The van der Waals surface area contributed by atoms with E-state index in [2.05, 4.69) is 0 Å². The second kappa shape index (κ2) is 2.58. The molecular weight excluding hydrogens is 128 g/mol. The van der Waals surface area contributed by atoms with Gasteiger partial charge in [-0.25, -0.2) is 0 Å². The van der Waals surface area contributed by atoms with Crippen LogP contribution in [0.4, 0.5) is 0 Å². The molecule has 0 saturated heterocycles. The molecule has 10 heavy (non-hydrogen) atoms. The van der Waals surface area contributed by atoms with E-state index in [9.17, 15) is 4.79 Å². The highest BCUT2D eigenvalue weighted by Gasteiger charge is 2.30. The summed E-state index contributed by atoms with van der Waals surface area (Å²) in [5, 5.41) is 0. The Bertz CT molecular complexity index is 141. The molecule has 0 aromatic carbocycles. The molecule has 1 fully saturated rings. The summed E-state index contributed by atoms with van der Waals surface area (Å²) in [7, 11) is 1.82. The van der Waals surface area contributed by atoms with Crippen molar-refractivity contribution in [3.8, 4) is 0 Å². The Hall–Kier alpha value is -0.570. The molecule has 0 aliphatic heterocycles. The van der Waals surface area contributed by atoms with Crippen molar-refractivity contribution >= 4 is 5.91 Å². The molecular formula is C7H14N2O. The Morgan fingerprint density at radius 3 is 2.50 bits per heavy atom. The highest BCUT2D eigenvalue weighted by atomic mass is 16.2. The molecule has 0 radical (unpaired) electrons. The Kier molecular flexibility index (Phi) is 1.94. The van der Waals surface area contributed by atoms with Crippen LogP contribution in [0, 0.1) is 0 Å². The SMILES string of the molecule is CC(N)C(=O)N(C)C1CC1. The van der Waals surface area contributed by atoms with Crippen LogP contribution in [0.3, 0.4) is 0 Å². The summed E-state index contributed by atoms with van der Waals surface area (Å²) in [4.78, 5) is 12.9. The van der Waals surface area contributed by atoms with Gasteiger partial charge in [0.15, 0.2) is 0 Å². The fourth-order valence-corrected chi connectivity index (χ4v) is 0.963. The molecule has 3 heteroatoms. The molecule has 2 N–H and O–H groups in total. The largest absolute Gasteiger partial charge is 0.341 e. The van der Waals surface area contributed by atoms with Crippen LogP contribution in [0.15, 0.2) is 0 Å². The summed E-state index contributed by atoms with van der Waals surface area (Å²) in [5.74, 6) is 0.0579. The van der Waals surface area contributed by atoms with E-state index in [1.165, 1.54) is 0 Å². The van der Waals surface area contributed by atoms with Crippen LogP contribution in [-0.4, -0.2) is 29.9 Å². The van der Waals surface area contributed by atoms with Crippen molar-refractivity contribution in [1.29, 1.82) is 0 Å². The smallest absolute Gasteiger partial charge is 0.239 e. The highest BCUT2D eigenvalue weighted by molar-refractivity contribution is 5.81. The summed E-state index contributed by atoms with van der Waals surface area (Å²) < 4.78 is 0. The van der Waals surface area contributed by atoms with E-state index in [0.29, 0.717) is 6.04 Å². The maximum absolute atomic E-state index is 11.1. The third-order valence-corrected chi connectivity index (χ3v) is 1.83.